The van der Waals surface area contributed by atoms with Crippen LogP contribution in [-0.2, 0) is 10.3 Å². The number of nitro groups is 1. The second-order valence-corrected chi connectivity index (χ2v) is 7.86. The molecule has 0 aliphatic rings. The Balaban J connectivity index is 2.13. The molecule has 0 spiro atoms. The fourth-order valence-electron chi connectivity index (χ4n) is 3.57. The molecule has 0 bridgehead atoms. The van der Waals surface area contributed by atoms with Crippen LogP contribution in [0.3, 0.4) is 0 Å². The zero-order valence-electron chi connectivity index (χ0n) is 16.7. The van der Waals surface area contributed by atoms with Crippen molar-refractivity contribution >= 4 is 11.7 Å². The molecule has 3 rings (SSSR count). The molecule has 0 fully saturated rings. The molecule has 0 aliphatic carbocycles. The summed E-state index contributed by atoms with van der Waals surface area (Å²) in [6.45, 7) is 6.07. The van der Waals surface area contributed by atoms with Crippen LogP contribution in [0, 0.1) is 15.5 Å². The van der Waals surface area contributed by atoms with Crippen molar-refractivity contribution in [3.63, 3.8) is 0 Å². The summed E-state index contributed by atoms with van der Waals surface area (Å²) >= 11 is 0. The highest BCUT2D eigenvalue weighted by molar-refractivity contribution is 5.90. The van der Waals surface area contributed by atoms with E-state index < -0.39 is 21.9 Å². The van der Waals surface area contributed by atoms with Gasteiger partial charge >= 0.3 is 5.97 Å². The molecule has 5 heteroatoms. The number of hydrogen-bond donors (Lipinski definition) is 0. The van der Waals surface area contributed by atoms with Crippen LogP contribution in [0.15, 0.2) is 84.9 Å². The summed E-state index contributed by atoms with van der Waals surface area (Å²) in [5.41, 5.74) is 0.370. The van der Waals surface area contributed by atoms with Gasteiger partial charge in [-0.25, -0.2) is 4.79 Å². The van der Waals surface area contributed by atoms with Crippen LogP contribution in [-0.4, -0.2) is 10.9 Å². The minimum absolute atomic E-state index is 0.0743. The van der Waals surface area contributed by atoms with Crippen LogP contribution in [0.1, 0.15) is 42.3 Å². The van der Waals surface area contributed by atoms with Crippen LogP contribution < -0.4 is 0 Å². The lowest BCUT2D eigenvalue weighted by Crippen LogP contribution is -2.45. The highest BCUT2D eigenvalue weighted by Gasteiger charge is 2.48. The first kappa shape index (κ1) is 20.3. The number of nitrogens with zero attached hydrogens (tertiary/aromatic N) is 1. The summed E-state index contributed by atoms with van der Waals surface area (Å²) in [6.07, 6.45) is 0. The summed E-state index contributed by atoms with van der Waals surface area (Å²) in [5, 5.41) is 10.9. The molecule has 29 heavy (non-hydrogen) atoms. The first-order valence-electron chi connectivity index (χ1n) is 9.34. The molecular formula is C24H23NO4. The maximum Gasteiger partial charge on any atom is 0.339 e. The summed E-state index contributed by atoms with van der Waals surface area (Å²) in [6, 6.07) is 24.7. The largest absolute Gasteiger partial charge is 0.445 e. The number of ether oxygens (including phenoxy) is 1. The summed E-state index contributed by atoms with van der Waals surface area (Å²) in [7, 11) is 0. The van der Waals surface area contributed by atoms with E-state index in [0.717, 1.165) is 11.1 Å². The maximum atomic E-state index is 13.1. The SMILES string of the molecule is CC(C)(C)C(OC(=O)c1ccc([N+](=O)[O-])cc1)(c1ccccc1)c1ccccc1. The highest BCUT2D eigenvalue weighted by atomic mass is 16.6. The molecule has 0 amide bonds. The minimum atomic E-state index is -1.05. The second kappa shape index (κ2) is 7.87. The van der Waals surface area contributed by atoms with Crippen LogP contribution in [0.4, 0.5) is 5.69 Å². The number of carbonyl (C=O) groups excluding carboxylic acids is 1. The molecule has 0 atom stereocenters. The van der Waals surface area contributed by atoms with E-state index in [-0.39, 0.29) is 11.3 Å². The van der Waals surface area contributed by atoms with Gasteiger partial charge in [-0.05, 0) is 12.1 Å². The molecule has 0 unspecified atom stereocenters. The molecule has 0 aliphatic heterocycles. The molecule has 3 aromatic carbocycles. The number of benzene rings is 3. The van der Waals surface area contributed by atoms with Crippen molar-refractivity contribution in [1.29, 1.82) is 0 Å². The molecule has 3 aromatic rings. The predicted molar refractivity (Wildman–Crippen MR) is 112 cm³/mol. The van der Waals surface area contributed by atoms with E-state index in [1.807, 2.05) is 81.4 Å². The molecule has 5 nitrogen and oxygen atoms in total. The van der Waals surface area contributed by atoms with Crippen LogP contribution in [0.2, 0.25) is 0 Å². The number of nitro benzene ring substituents is 1. The monoisotopic (exact) mass is 389 g/mol. The fraction of sp³-hybridized carbons (Fsp3) is 0.208. The van der Waals surface area contributed by atoms with Crippen molar-refractivity contribution in [2.75, 3.05) is 0 Å². The highest BCUT2D eigenvalue weighted by Crippen LogP contribution is 2.48. The zero-order chi connectivity index (χ0) is 21.1. The summed E-state index contributed by atoms with van der Waals surface area (Å²) in [4.78, 5) is 23.5. The van der Waals surface area contributed by atoms with Gasteiger partial charge in [-0.15, -0.1) is 0 Å². The first-order chi connectivity index (χ1) is 13.8. The van der Waals surface area contributed by atoms with Crippen molar-refractivity contribution in [3.05, 3.63) is 112 Å². The summed E-state index contributed by atoms with van der Waals surface area (Å²) in [5.74, 6) is -0.539. The lowest BCUT2D eigenvalue weighted by atomic mass is 9.68. The van der Waals surface area contributed by atoms with Gasteiger partial charge < -0.3 is 4.74 Å². The van der Waals surface area contributed by atoms with Crippen molar-refractivity contribution < 1.29 is 14.5 Å². The van der Waals surface area contributed by atoms with Gasteiger partial charge in [0.1, 0.15) is 0 Å². The van der Waals surface area contributed by atoms with Gasteiger partial charge in [0.05, 0.1) is 10.5 Å². The minimum Gasteiger partial charge on any atom is -0.445 e. The second-order valence-electron chi connectivity index (χ2n) is 7.86. The van der Waals surface area contributed by atoms with Crippen molar-refractivity contribution in [1.82, 2.24) is 0 Å². The van der Waals surface area contributed by atoms with E-state index in [9.17, 15) is 14.9 Å². The van der Waals surface area contributed by atoms with E-state index in [1.54, 1.807) is 0 Å². The van der Waals surface area contributed by atoms with E-state index in [2.05, 4.69) is 0 Å². The Labute approximate surface area is 170 Å². The van der Waals surface area contributed by atoms with E-state index in [1.165, 1.54) is 24.3 Å². The Morgan fingerprint density at radius 3 is 1.62 bits per heavy atom. The lowest BCUT2D eigenvalue weighted by Gasteiger charge is -2.44. The maximum absolute atomic E-state index is 13.1. The average Bonchev–Trinajstić information content (AvgIpc) is 2.72. The standard InChI is InChI=1S/C24H23NO4/c1-23(2,3)24(19-10-6-4-7-11-19,20-12-8-5-9-13-20)29-22(26)18-14-16-21(17-15-18)25(27)28/h4-17H,1-3H3. The molecule has 0 aromatic heterocycles. The van der Waals surface area contributed by atoms with Gasteiger partial charge in [0.15, 0.2) is 5.60 Å². The third-order valence-electron chi connectivity index (χ3n) is 4.98. The number of non-ortho nitro benzene ring substituents is 1. The molecule has 0 saturated carbocycles. The number of carbonyl (C=O) groups is 1. The Morgan fingerprint density at radius 1 is 0.793 bits per heavy atom. The molecule has 148 valence electrons. The van der Waals surface area contributed by atoms with E-state index >= 15 is 0 Å². The third kappa shape index (κ3) is 3.90. The smallest absolute Gasteiger partial charge is 0.339 e. The number of esters is 1. The molecular weight excluding hydrogens is 366 g/mol. The van der Waals surface area contributed by atoms with E-state index in [4.69, 9.17) is 4.74 Å². The molecule has 0 N–H and O–H groups in total. The predicted octanol–water partition coefficient (Wildman–Crippen LogP) is 5.74. The molecule has 0 saturated heterocycles. The Bertz CT molecular complexity index is 951. The zero-order valence-corrected chi connectivity index (χ0v) is 16.7. The van der Waals surface area contributed by atoms with Gasteiger partial charge in [0.25, 0.3) is 5.69 Å². The van der Waals surface area contributed by atoms with Crippen molar-refractivity contribution in [2.24, 2.45) is 5.41 Å². The van der Waals surface area contributed by atoms with Crippen molar-refractivity contribution in [2.45, 2.75) is 26.4 Å². The van der Waals surface area contributed by atoms with Gasteiger partial charge in [-0.3, -0.25) is 10.1 Å². The topological polar surface area (TPSA) is 69.4 Å². The average molecular weight is 389 g/mol. The number of hydrogen-bond acceptors (Lipinski definition) is 4. The fourth-order valence-corrected chi connectivity index (χ4v) is 3.57. The Kier molecular flexibility index (Phi) is 5.50. The quantitative estimate of drug-likeness (QED) is 0.317. The number of rotatable bonds is 5. The third-order valence-corrected chi connectivity index (χ3v) is 4.98. The van der Waals surface area contributed by atoms with Crippen LogP contribution >= 0.6 is 0 Å². The van der Waals surface area contributed by atoms with Crippen LogP contribution in [0.5, 0.6) is 0 Å². The Morgan fingerprint density at radius 2 is 1.24 bits per heavy atom. The lowest BCUT2D eigenvalue weighted by molar-refractivity contribution is -0.384. The van der Waals surface area contributed by atoms with Gasteiger partial charge in [0.2, 0.25) is 0 Å². The Hall–Kier alpha value is -3.47. The molecule has 0 radical (unpaired) electrons. The van der Waals surface area contributed by atoms with Gasteiger partial charge in [-0.1, -0.05) is 81.4 Å². The van der Waals surface area contributed by atoms with Crippen molar-refractivity contribution in [3.8, 4) is 0 Å². The van der Waals surface area contributed by atoms with Crippen LogP contribution in [0.25, 0.3) is 0 Å². The van der Waals surface area contributed by atoms with E-state index in [0.29, 0.717) is 0 Å². The van der Waals surface area contributed by atoms with Gasteiger partial charge in [-0.2, -0.15) is 0 Å². The normalized spacial score (nSPS) is 11.7. The molecule has 0 heterocycles. The summed E-state index contributed by atoms with van der Waals surface area (Å²) < 4.78 is 6.25. The van der Waals surface area contributed by atoms with Gasteiger partial charge in [0, 0.05) is 28.7 Å². The first-order valence-corrected chi connectivity index (χ1v) is 9.34.